The average Bonchev–Trinajstić information content (AvgIpc) is 2.52. The summed E-state index contributed by atoms with van der Waals surface area (Å²) in [5.41, 5.74) is 0.369. The van der Waals surface area contributed by atoms with Gasteiger partial charge in [-0.15, -0.1) is 0 Å². The number of nitrogens with one attached hydrogen (secondary N) is 1. The average molecular weight is 183 g/mol. The maximum atomic E-state index is 11.1. The molecule has 1 aliphatic rings. The van der Waals surface area contributed by atoms with E-state index in [-0.39, 0.29) is 5.91 Å². The van der Waals surface area contributed by atoms with Gasteiger partial charge >= 0.3 is 0 Å². The van der Waals surface area contributed by atoms with Crippen LogP contribution in [0.4, 0.5) is 0 Å². The van der Waals surface area contributed by atoms with Crippen molar-refractivity contribution in [2.24, 2.45) is 11.3 Å². The van der Waals surface area contributed by atoms with Gasteiger partial charge in [0.15, 0.2) is 0 Å². The summed E-state index contributed by atoms with van der Waals surface area (Å²) in [7, 11) is 0. The standard InChI is InChI=1S/C11H21NO/c1-4-6-11(3,5-2)9-7-10(13)12-8-9/h9H,4-8H2,1-3H3,(H,12,13). The van der Waals surface area contributed by atoms with Crippen LogP contribution < -0.4 is 5.32 Å². The highest BCUT2D eigenvalue weighted by Crippen LogP contribution is 2.39. The van der Waals surface area contributed by atoms with E-state index in [2.05, 4.69) is 26.1 Å². The third-order valence-corrected chi connectivity index (χ3v) is 3.59. The van der Waals surface area contributed by atoms with Gasteiger partial charge in [-0.25, -0.2) is 0 Å². The molecule has 2 nitrogen and oxygen atoms in total. The summed E-state index contributed by atoms with van der Waals surface area (Å²) < 4.78 is 0. The van der Waals surface area contributed by atoms with Gasteiger partial charge in [0.05, 0.1) is 0 Å². The lowest BCUT2D eigenvalue weighted by atomic mass is 9.71. The van der Waals surface area contributed by atoms with Gasteiger partial charge in [0.1, 0.15) is 0 Å². The molecule has 13 heavy (non-hydrogen) atoms. The lowest BCUT2D eigenvalue weighted by Gasteiger charge is -2.33. The summed E-state index contributed by atoms with van der Waals surface area (Å²) in [6, 6.07) is 0. The molecule has 2 atom stereocenters. The molecule has 0 aromatic rings. The topological polar surface area (TPSA) is 29.1 Å². The van der Waals surface area contributed by atoms with Crippen LogP contribution in [0.3, 0.4) is 0 Å². The fourth-order valence-corrected chi connectivity index (χ4v) is 2.34. The zero-order valence-electron chi connectivity index (χ0n) is 9.02. The van der Waals surface area contributed by atoms with Gasteiger partial charge in [0, 0.05) is 13.0 Å². The first-order chi connectivity index (χ1) is 6.12. The molecule has 0 aromatic carbocycles. The van der Waals surface area contributed by atoms with E-state index in [0.717, 1.165) is 13.0 Å². The number of carbonyl (C=O) groups is 1. The lowest BCUT2D eigenvalue weighted by molar-refractivity contribution is -0.119. The van der Waals surface area contributed by atoms with Crippen molar-refractivity contribution in [2.45, 2.75) is 46.5 Å². The Kier molecular flexibility index (Phi) is 3.34. The smallest absolute Gasteiger partial charge is 0.220 e. The number of hydrogen-bond acceptors (Lipinski definition) is 1. The second kappa shape index (κ2) is 4.12. The van der Waals surface area contributed by atoms with Crippen LogP contribution in [-0.4, -0.2) is 12.5 Å². The van der Waals surface area contributed by atoms with Gasteiger partial charge in [-0.2, -0.15) is 0 Å². The SMILES string of the molecule is CCCC(C)(CC)C1CNC(=O)C1. The molecular formula is C11H21NO. The Bertz CT molecular complexity index is 191. The second-order valence-electron chi connectivity index (χ2n) is 4.46. The zero-order valence-corrected chi connectivity index (χ0v) is 9.02. The molecule has 2 unspecified atom stereocenters. The summed E-state index contributed by atoms with van der Waals surface area (Å²) in [5.74, 6) is 0.797. The molecule has 1 rings (SSSR count). The van der Waals surface area contributed by atoms with Crippen molar-refractivity contribution in [2.75, 3.05) is 6.54 Å². The van der Waals surface area contributed by atoms with E-state index in [1.807, 2.05) is 0 Å². The highest BCUT2D eigenvalue weighted by atomic mass is 16.1. The van der Waals surface area contributed by atoms with Crippen LogP contribution in [0.25, 0.3) is 0 Å². The first-order valence-corrected chi connectivity index (χ1v) is 5.39. The number of hydrogen-bond donors (Lipinski definition) is 1. The van der Waals surface area contributed by atoms with Crippen molar-refractivity contribution in [3.63, 3.8) is 0 Å². The minimum absolute atomic E-state index is 0.237. The summed E-state index contributed by atoms with van der Waals surface area (Å²) in [6.45, 7) is 7.67. The predicted molar refractivity (Wildman–Crippen MR) is 54.4 cm³/mol. The van der Waals surface area contributed by atoms with Crippen molar-refractivity contribution < 1.29 is 4.79 Å². The fourth-order valence-electron chi connectivity index (χ4n) is 2.34. The third kappa shape index (κ3) is 2.23. The van der Waals surface area contributed by atoms with E-state index in [1.165, 1.54) is 19.3 Å². The Morgan fingerprint density at radius 3 is 2.62 bits per heavy atom. The molecule has 1 aliphatic heterocycles. The summed E-state index contributed by atoms with van der Waals surface area (Å²) in [6.07, 6.45) is 4.38. The highest BCUT2D eigenvalue weighted by molar-refractivity contribution is 5.78. The van der Waals surface area contributed by atoms with Crippen LogP contribution in [0, 0.1) is 11.3 Å². The zero-order chi connectivity index (χ0) is 9.90. The maximum Gasteiger partial charge on any atom is 0.220 e. The largest absolute Gasteiger partial charge is 0.356 e. The Hall–Kier alpha value is -0.530. The second-order valence-corrected chi connectivity index (χ2v) is 4.46. The van der Waals surface area contributed by atoms with Crippen LogP contribution >= 0.6 is 0 Å². The molecule has 0 radical (unpaired) electrons. The van der Waals surface area contributed by atoms with Gasteiger partial charge in [0.2, 0.25) is 5.91 Å². The molecule has 0 saturated carbocycles. The molecule has 1 N–H and O–H groups in total. The van der Waals surface area contributed by atoms with E-state index in [4.69, 9.17) is 0 Å². The van der Waals surface area contributed by atoms with E-state index in [0.29, 0.717) is 11.3 Å². The number of rotatable bonds is 4. The number of amides is 1. The van der Waals surface area contributed by atoms with Crippen molar-refractivity contribution in [3.05, 3.63) is 0 Å². The lowest BCUT2D eigenvalue weighted by Crippen LogP contribution is -2.28. The third-order valence-electron chi connectivity index (χ3n) is 3.59. The molecule has 1 fully saturated rings. The summed E-state index contributed by atoms with van der Waals surface area (Å²) in [4.78, 5) is 11.1. The quantitative estimate of drug-likeness (QED) is 0.712. The van der Waals surface area contributed by atoms with Gasteiger partial charge in [0.25, 0.3) is 0 Å². The van der Waals surface area contributed by atoms with Crippen molar-refractivity contribution >= 4 is 5.91 Å². The molecular weight excluding hydrogens is 162 g/mol. The minimum atomic E-state index is 0.237. The Morgan fingerprint density at radius 2 is 2.23 bits per heavy atom. The van der Waals surface area contributed by atoms with E-state index in [9.17, 15) is 4.79 Å². The van der Waals surface area contributed by atoms with Crippen LogP contribution in [-0.2, 0) is 4.79 Å². The van der Waals surface area contributed by atoms with Gasteiger partial charge in [-0.3, -0.25) is 4.79 Å². The summed E-state index contributed by atoms with van der Waals surface area (Å²) >= 11 is 0. The van der Waals surface area contributed by atoms with E-state index >= 15 is 0 Å². The van der Waals surface area contributed by atoms with Crippen LogP contribution in [0.1, 0.15) is 46.5 Å². The van der Waals surface area contributed by atoms with E-state index in [1.54, 1.807) is 0 Å². The minimum Gasteiger partial charge on any atom is -0.356 e. The molecule has 0 aromatic heterocycles. The van der Waals surface area contributed by atoms with Crippen molar-refractivity contribution in [3.8, 4) is 0 Å². The monoisotopic (exact) mass is 183 g/mol. The molecule has 2 heteroatoms. The Balaban J connectivity index is 2.59. The normalized spacial score (nSPS) is 27.0. The van der Waals surface area contributed by atoms with Gasteiger partial charge in [-0.05, 0) is 17.8 Å². The highest BCUT2D eigenvalue weighted by Gasteiger charge is 2.36. The summed E-state index contributed by atoms with van der Waals surface area (Å²) in [5, 5.41) is 2.93. The molecule has 0 spiro atoms. The first-order valence-electron chi connectivity index (χ1n) is 5.39. The van der Waals surface area contributed by atoms with Crippen molar-refractivity contribution in [1.29, 1.82) is 0 Å². The Morgan fingerprint density at radius 1 is 1.54 bits per heavy atom. The first kappa shape index (κ1) is 10.6. The molecule has 1 heterocycles. The van der Waals surface area contributed by atoms with Gasteiger partial charge in [-0.1, -0.05) is 33.6 Å². The van der Waals surface area contributed by atoms with Crippen molar-refractivity contribution in [1.82, 2.24) is 5.32 Å². The molecule has 1 saturated heterocycles. The maximum absolute atomic E-state index is 11.1. The number of carbonyl (C=O) groups excluding carboxylic acids is 1. The molecule has 76 valence electrons. The molecule has 0 aliphatic carbocycles. The van der Waals surface area contributed by atoms with Crippen LogP contribution in [0.5, 0.6) is 0 Å². The van der Waals surface area contributed by atoms with Crippen LogP contribution in [0.2, 0.25) is 0 Å². The van der Waals surface area contributed by atoms with Crippen LogP contribution in [0.15, 0.2) is 0 Å². The molecule has 0 bridgehead atoms. The van der Waals surface area contributed by atoms with E-state index < -0.39 is 0 Å². The molecule has 1 amide bonds. The predicted octanol–water partition coefficient (Wildman–Crippen LogP) is 2.34. The fraction of sp³-hybridized carbons (Fsp3) is 0.909. The van der Waals surface area contributed by atoms with Gasteiger partial charge < -0.3 is 5.32 Å². The Labute approximate surface area is 81.1 Å².